The Bertz CT molecular complexity index is 2770. The molecule has 54 heavy (non-hydrogen) atoms. The Balaban J connectivity index is 1.13. The van der Waals surface area contributed by atoms with Crippen molar-refractivity contribution in [3.05, 3.63) is 218 Å². The Morgan fingerprint density at radius 1 is 0.296 bits per heavy atom. The lowest BCUT2D eigenvalue weighted by atomic mass is 9.96. The number of rotatable bonds is 7. The van der Waals surface area contributed by atoms with Gasteiger partial charge in [-0.3, -0.25) is 0 Å². The van der Waals surface area contributed by atoms with Gasteiger partial charge in [-0.15, -0.1) is 0 Å². The Kier molecular flexibility index (Phi) is 7.85. The van der Waals surface area contributed by atoms with E-state index in [1.165, 1.54) is 60.4 Å². The van der Waals surface area contributed by atoms with Gasteiger partial charge in [-0.1, -0.05) is 158 Å². The van der Waals surface area contributed by atoms with Crippen LogP contribution in [0.5, 0.6) is 0 Å². The zero-order chi connectivity index (χ0) is 35.8. The first-order valence-corrected chi connectivity index (χ1v) is 18.5. The van der Waals surface area contributed by atoms with Crippen LogP contribution in [0.15, 0.2) is 218 Å². The summed E-state index contributed by atoms with van der Waals surface area (Å²) in [5, 5.41) is 4.96. The number of fused-ring (bicyclic) bond motifs is 4. The van der Waals surface area contributed by atoms with Crippen LogP contribution in [-0.4, -0.2) is 4.57 Å². The Hall–Kier alpha value is -7.16. The molecule has 0 bridgehead atoms. The van der Waals surface area contributed by atoms with Gasteiger partial charge in [0.2, 0.25) is 0 Å². The van der Waals surface area contributed by atoms with Crippen LogP contribution in [0.1, 0.15) is 0 Å². The molecule has 0 aliphatic carbocycles. The van der Waals surface area contributed by atoms with Gasteiger partial charge in [0.05, 0.1) is 11.0 Å². The predicted octanol–water partition coefficient (Wildman–Crippen LogP) is 14.4. The van der Waals surface area contributed by atoms with Crippen molar-refractivity contribution in [1.29, 1.82) is 0 Å². The molecule has 2 nitrogen and oxygen atoms in total. The van der Waals surface area contributed by atoms with Crippen LogP contribution in [0, 0.1) is 0 Å². The molecule has 0 radical (unpaired) electrons. The van der Waals surface area contributed by atoms with E-state index >= 15 is 0 Å². The highest BCUT2D eigenvalue weighted by Gasteiger charge is 2.17. The van der Waals surface area contributed by atoms with E-state index < -0.39 is 0 Å². The molecular weight excluding hydrogens is 653 g/mol. The SMILES string of the molecule is c1ccc(-c2ccc(N(c3ccc(-c4ccccc4)cc3)c3cccc(-c4cc(-n5c6ccccc6c6ccccc65)cc5ccccc45)c3)cc2)cc1. The molecule has 0 unspecified atom stereocenters. The molecule has 254 valence electrons. The van der Waals surface area contributed by atoms with Crippen molar-refractivity contribution in [3.8, 4) is 39.1 Å². The van der Waals surface area contributed by atoms with Crippen molar-refractivity contribution >= 4 is 49.6 Å². The van der Waals surface area contributed by atoms with Gasteiger partial charge in [-0.05, 0) is 105 Å². The first-order valence-electron chi connectivity index (χ1n) is 18.5. The number of para-hydroxylation sites is 2. The number of nitrogens with zero attached hydrogens (tertiary/aromatic N) is 2. The zero-order valence-corrected chi connectivity index (χ0v) is 29.7. The van der Waals surface area contributed by atoms with Crippen molar-refractivity contribution in [1.82, 2.24) is 4.57 Å². The highest BCUT2D eigenvalue weighted by molar-refractivity contribution is 6.10. The van der Waals surface area contributed by atoms with Gasteiger partial charge in [0.15, 0.2) is 0 Å². The summed E-state index contributed by atoms with van der Waals surface area (Å²) in [6.07, 6.45) is 0. The van der Waals surface area contributed by atoms with Crippen molar-refractivity contribution < 1.29 is 0 Å². The second kappa shape index (κ2) is 13.4. The third-order valence-electron chi connectivity index (χ3n) is 10.6. The van der Waals surface area contributed by atoms with Crippen molar-refractivity contribution in [2.75, 3.05) is 4.90 Å². The molecule has 0 aliphatic heterocycles. The lowest BCUT2D eigenvalue weighted by Crippen LogP contribution is -2.10. The molecule has 0 atom stereocenters. The van der Waals surface area contributed by atoms with Crippen LogP contribution in [0.3, 0.4) is 0 Å². The summed E-state index contributed by atoms with van der Waals surface area (Å²) >= 11 is 0. The molecule has 9 aromatic carbocycles. The van der Waals surface area contributed by atoms with E-state index in [2.05, 4.69) is 228 Å². The fraction of sp³-hybridized carbons (Fsp3) is 0. The maximum atomic E-state index is 2.42. The minimum Gasteiger partial charge on any atom is -0.310 e. The van der Waals surface area contributed by atoms with E-state index in [9.17, 15) is 0 Å². The fourth-order valence-corrected chi connectivity index (χ4v) is 7.99. The molecule has 2 heteroatoms. The maximum absolute atomic E-state index is 2.42. The summed E-state index contributed by atoms with van der Waals surface area (Å²) in [7, 11) is 0. The average Bonchev–Trinajstić information content (AvgIpc) is 3.59. The minimum atomic E-state index is 1.10. The summed E-state index contributed by atoms with van der Waals surface area (Å²) in [6.45, 7) is 0. The summed E-state index contributed by atoms with van der Waals surface area (Å²) in [6, 6.07) is 78.9. The maximum Gasteiger partial charge on any atom is 0.0541 e. The largest absolute Gasteiger partial charge is 0.310 e. The first kappa shape index (κ1) is 31.6. The zero-order valence-electron chi connectivity index (χ0n) is 29.7. The van der Waals surface area contributed by atoms with E-state index in [0.717, 1.165) is 28.3 Å². The minimum absolute atomic E-state index is 1.10. The molecule has 0 spiro atoms. The summed E-state index contributed by atoms with van der Waals surface area (Å²) in [5.41, 5.74) is 14.0. The van der Waals surface area contributed by atoms with E-state index in [-0.39, 0.29) is 0 Å². The fourth-order valence-electron chi connectivity index (χ4n) is 7.99. The van der Waals surface area contributed by atoms with Crippen molar-refractivity contribution in [3.63, 3.8) is 0 Å². The quantitative estimate of drug-likeness (QED) is 0.162. The molecule has 0 saturated heterocycles. The van der Waals surface area contributed by atoms with Gasteiger partial charge in [-0.2, -0.15) is 0 Å². The molecule has 1 heterocycles. The highest BCUT2D eigenvalue weighted by Crippen LogP contribution is 2.41. The van der Waals surface area contributed by atoms with Crippen LogP contribution in [0.2, 0.25) is 0 Å². The first-order chi connectivity index (χ1) is 26.8. The molecule has 0 saturated carbocycles. The standard InChI is InChI=1S/C52H36N2/c1-3-14-37(15-4-1)39-26-30-43(31-27-39)53(44-32-28-40(29-33-44)38-16-5-2-6-17-38)45-20-13-19-42(34-45)50-36-46(35-41-18-7-8-21-47(41)50)54-51-24-11-9-22-48(51)49-23-10-12-25-52(49)54/h1-36H. The smallest absolute Gasteiger partial charge is 0.0541 e. The molecule has 0 aliphatic rings. The molecule has 0 amide bonds. The van der Waals surface area contributed by atoms with E-state index in [0.29, 0.717) is 0 Å². The normalized spacial score (nSPS) is 11.3. The second-order valence-electron chi connectivity index (χ2n) is 13.8. The molecular formula is C52H36N2. The van der Waals surface area contributed by atoms with Crippen LogP contribution >= 0.6 is 0 Å². The molecule has 0 N–H and O–H groups in total. The van der Waals surface area contributed by atoms with Gasteiger partial charge >= 0.3 is 0 Å². The third-order valence-corrected chi connectivity index (χ3v) is 10.6. The van der Waals surface area contributed by atoms with Gasteiger partial charge in [-0.25, -0.2) is 0 Å². The number of aromatic nitrogens is 1. The van der Waals surface area contributed by atoms with E-state index in [1.807, 2.05) is 0 Å². The lowest BCUT2D eigenvalue weighted by Gasteiger charge is -2.26. The summed E-state index contributed by atoms with van der Waals surface area (Å²) in [4.78, 5) is 2.37. The third kappa shape index (κ3) is 5.62. The van der Waals surface area contributed by atoms with Crippen LogP contribution in [0.25, 0.3) is 71.6 Å². The van der Waals surface area contributed by atoms with Crippen LogP contribution in [-0.2, 0) is 0 Å². The molecule has 1 aromatic heterocycles. The van der Waals surface area contributed by atoms with Gasteiger partial charge in [0, 0.05) is 33.5 Å². The number of hydrogen-bond donors (Lipinski definition) is 0. The Morgan fingerprint density at radius 2 is 0.759 bits per heavy atom. The van der Waals surface area contributed by atoms with E-state index in [1.54, 1.807) is 0 Å². The van der Waals surface area contributed by atoms with Crippen LogP contribution < -0.4 is 4.90 Å². The number of hydrogen-bond acceptors (Lipinski definition) is 1. The summed E-state index contributed by atoms with van der Waals surface area (Å²) in [5.74, 6) is 0. The Labute approximate surface area is 315 Å². The van der Waals surface area contributed by atoms with Crippen LogP contribution in [0.4, 0.5) is 17.1 Å². The average molecular weight is 689 g/mol. The van der Waals surface area contributed by atoms with E-state index in [4.69, 9.17) is 0 Å². The number of anilines is 3. The molecule has 10 rings (SSSR count). The predicted molar refractivity (Wildman–Crippen MR) is 229 cm³/mol. The monoisotopic (exact) mass is 688 g/mol. The summed E-state index contributed by atoms with van der Waals surface area (Å²) < 4.78 is 2.42. The van der Waals surface area contributed by atoms with Gasteiger partial charge in [0.25, 0.3) is 0 Å². The van der Waals surface area contributed by atoms with Crippen molar-refractivity contribution in [2.24, 2.45) is 0 Å². The second-order valence-corrected chi connectivity index (χ2v) is 13.8. The topological polar surface area (TPSA) is 8.17 Å². The van der Waals surface area contributed by atoms with Crippen molar-refractivity contribution in [2.45, 2.75) is 0 Å². The highest BCUT2D eigenvalue weighted by atomic mass is 15.1. The van der Waals surface area contributed by atoms with Gasteiger partial charge < -0.3 is 9.47 Å². The lowest BCUT2D eigenvalue weighted by molar-refractivity contribution is 1.19. The molecule has 0 fully saturated rings. The number of benzene rings is 9. The van der Waals surface area contributed by atoms with Gasteiger partial charge in [0.1, 0.15) is 0 Å². The molecule has 10 aromatic rings. The Morgan fingerprint density at radius 3 is 1.33 bits per heavy atom.